The third kappa shape index (κ3) is 2.02. The van der Waals surface area contributed by atoms with E-state index in [1.807, 2.05) is 31.2 Å². The molecule has 3 N–H and O–H groups in total. The third-order valence-electron chi connectivity index (χ3n) is 3.19. The number of benzene rings is 2. The molecule has 1 aromatic heterocycles. The molecule has 0 aliphatic heterocycles. The fourth-order valence-electron chi connectivity index (χ4n) is 2.21. The van der Waals surface area contributed by atoms with Gasteiger partial charge in [0.2, 0.25) is 0 Å². The van der Waals surface area contributed by atoms with E-state index in [1.165, 1.54) is 10.8 Å². The lowest BCUT2D eigenvalue weighted by atomic mass is 10.0. The molecule has 0 aliphatic rings. The maximum Gasteiger partial charge on any atom is 0.165 e. The predicted octanol–water partition coefficient (Wildman–Crippen LogP) is 2.89. The van der Waals surface area contributed by atoms with Crippen LogP contribution in [-0.2, 0) is 0 Å². The van der Waals surface area contributed by atoms with Gasteiger partial charge in [0, 0.05) is 5.56 Å². The number of hydrogen-bond acceptors (Lipinski definition) is 4. The highest BCUT2D eigenvalue weighted by molar-refractivity contribution is 5.95. The highest BCUT2D eigenvalue weighted by Crippen LogP contribution is 2.28. The number of anilines is 1. The van der Waals surface area contributed by atoms with Gasteiger partial charge < -0.3 is 5.43 Å². The normalized spacial score (nSPS) is 10.6. The van der Waals surface area contributed by atoms with Crippen molar-refractivity contribution in [3.63, 3.8) is 0 Å². The van der Waals surface area contributed by atoms with Crippen molar-refractivity contribution < 1.29 is 0 Å². The second kappa shape index (κ2) is 4.66. The lowest BCUT2D eigenvalue weighted by Crippen LogP contribution is -2.11. The monoisotopic (exact) mass is 250 g/mol. The molecule has 0 atom stereocenters. The Morgan fingerprint density at radius 2 is 1.79 bits per heavy atom. The molecule has 0 aliphatic carbocycles. The predicted molar refractivity (Wildman–Crippen MR) is 77.5 cm³/mol. The molecule has 4 nitrogen and oxygen atoms in total. The highest BCUT2D eigenvalue weighted by atomic mass is 15.3. The molecule has 0 fully saturated rings. The number of hydrazine groups is 1. The quantitative estimate of drug-likeness (QED) is 0.542. The van der Waals surface area contributed by atoms with Gasteiger partial charge in [-0.15, -0.1) is 10.2 Å². The summed E-state index contributed by atoms with van der Waals surface area (Å²) in [6, 6.07) is 16.4. The molecule has 19 heavy (non-hydrogen) atoms. The number of aromatic nitrogens is 2. The van der Waals surface area contributed by atoms with Crippen molar-refractivity contribution in [3.8, 4) is 11.3 Å². The van der Waals surface area contributed by atoms with E-state index in [9.17, 15) is 0 Å². The Hall–Kier alpha value is -2.46. The maximum absolute atomic E-state index is 5.38. The lowest BCUT2D eigenvalue weighted by molar-refractivity contribution is 1.01. The smallest absolute Gasteiger partial charge is 0.165 e. The van der Waals surface area contributed by atoms with Gasteiger partial charge in [0.25, 0.3) is 0 Å². The molecule has 0 unspecified atom stereocenters. The summed E-state index contributed by atoms with van der Waals surface area (Å²) in [5.74, 6) is 5.98. The largest absolute Gasteiger partial charge is 0.307 e. The third-order valence-corrected chi connectivity index (χ3v) is 3.19. The summed E-state index contributed by atoms with van der Waals surface area (Å²) in [5, 5.41) is 10.7. The summed E-state index contributed by atoms with van der Waals surface area (Å²) >= 11 is 0. The zero-order valence-electron chi connectivity index (χ0n) is 10.6. The van der Waals surface area contributed by atoms with Crippen molar-refractivity contribution in [3.05, 3.63) is 54.1 Å². The number of nitrogens with zero attached hydrogens (tertiary/aromatic N) is 2. The molecule has 0 radical (unpaired) electrons. The Balaban J connectivity index is 2.22. The van der Waals surface area contributed by atoms with Crippen LogP contribution in [0.5, 0.6) is 0 Å². The number of rotatable bonds is 2. The average molecular weight is 250 g/mol. The molecule has 3 rings (SSSR count). The Morgan fingerprint density at radius 3 is 2.58 bits per heavy atom. The molecule has 0 saturated carbocycles. The van der Waals surface area contributed by atoms with E-state index in [2.05, 4.69) is 39.9 Å². The van der Waals surface area contributed by atoms with Gasteiger partial charge in [-0.25, -0.2) is 5.84 Å². The minimum absolute atomic E-state index is 0.601. The zero-order valence-corrected chi connectivity index (χ0v) is 10.6. The average Bonchev–Trinajstić information content (AvgIpc) is 2.46. The SMILES string of the molecule is Cc1cc(-c2cccc3ccccc23)nnc1NN. The number of fused-ring (bicyclic) bond motifs is 1. The van der Waals surface area contributed by atoms with Crippen LogP contribution in [0, 0.1) is 6.92 Å². The second-order valence-electron chi connectivity index (χ2n) is 4.43. The summed E-state index contributed by atoms with van der Waals surface area (Å²) in [6.07, 6.45) is 0. The minimum Gasteiger partial charge on any atom is -0.307 e. The Labute approximate surface area is 111 Å². The zero-order chi connectivity index (χ0) is 13.2. The van der Waals surface area contributed by atoms with Crippen LogP contribution >= 0.6 is 0 Å². The van der Waals surface area contributed by atoms with Gasteiger partial charge in [-0.2, -0.15) is 0 Å². The van der Waals surface area contributed by atoms with Gasteiger partial charge >= 0.3 is 0 Å². The molecule has 0 saturated heterocycles. The van der Waals surface area contributed by atoms with E-state index >= 15 is 0 Å². The van der Waals surface area contributed by atoms with Crippen LogP contribution in [-0.4, -0.2) is 10.2 Å². The summed E-state index contributed by atoms with van der Waals surface area (Å²) < 4.78 is 0. The molecule has 2 aromatic carbocycles. The van der Waals surface area contributed by atoms with Crippen molar-refractivity contribution in [2.45, 2.75) is 6.92 Å². The van der Waals surface area contributed by atoms with Crippen LogP contribution in [0.2, 0.25) is 0 Å². The number of nitrogens with one attached hydrogen (secondary N) is 1. The van der Waals surface area contributed by atoms with Crippen LogP contribution < -0.4 is 11.3 Å². The van der Waals surface area contributed by atoms with E-state index in [-0.39, 0.29) is 0 Å². The molecule has 0 spiro atoms. The van der Waals surface area contributed by atoms with Crippen molar-refractivity contribution in [1.29, 1.82) is 0 Å². The first kappa shape index (κ1) is 11.6. The van der Waals surface area contributed by atoms with Gasteiger partial charge in [-0.1, -0.05) is 42.5 Å². The van der Waals surface area contributed by atoms with Gasteiger partial charge in [0.15, 0.2) is 5.82 Å². The number of aryl methyl sites for hydroxylation is 1. The molecule has 1 heterocycles. The van der Waals surface area contributed by atoms with Gasteiger partial charge in [-0.05, 0) is 29.3 Å². The molecule has 0 amide bonds. The van der Waals surface area contributed by atoms with E-state index in [0.29, 0.717) is 5.82 Å². The number of nitrogen functional groups attached to an aromatic ring is 1. The lowest BCUT2D eigenvalue weighted by Gasteiger charge is -2.08. The number of hydrogen-bond donors (Lipinski definition) is 2. The van der Waals surface area contributed by atoms with Gasteiger partial charge in [-0.3, -0.25) is 0 Å². The van der Waals surface area contributed by atoms with Crippen molar-refractivity contribution in [2.24, 2.45) is 5.84 Å². The molecule has 94 valence electrons. The van der Waals surface area contributed by atoms with Crippen LogP contribution in [0.25, 0.3) is 22.0 Å². The first-order chi connectivity index (χ1) is 9.29. The Bertz CT molecular complexity index is 732. The van der Waals surface area contributed by atoms with Crippen LogP contribution in [0.1, 0.15) is 5.56 Å². The summed E-state index contributed by atoms with van der Waals surface area (Å²) in [4.78, 5) is 0. The summed E-state index contributed by atoms with van der Waals surface area (Å²) in [7, 11) is 0. The van der Waals surface area contributed by atoms with E-state index in [1.54, 1.807) is 0 Å². The number of nitrogens with two attached hydrogens (primary N) is 1. The van der Waals surface area contributed by atoms with Crippen molar-refractivity contribution in [1.82, 2.24) is 10.2 Å². The molecular weight excluding hydrogens is 236 g/mol. The first-order valence-corrected chi connectivity index (χ1v) is 6.08. The molecule has 3 aromatic rings. The second-order valence-corrected chi connectivity index (χ2v) is 4.43. The van der Waals surface area contributed by atoms with E-state index < -0.39 is 0 Å². The first-order valence-electron chi connectivity index (χ1n) is 6.08. The maximum atomic E-state index is 5.38. The highest BCUT2D eigenvalue weighted by Gasteiger charge is 2.07. The topological polar surface area (TPSA) is 63.8 Å². The Kier molecular flexibility index (Phi) is 2.85. The Morgan fingerprint density at radius 1 is 1.00 bits per heavy atom. The van der Waals surface area contributed by atoms with Crippen molar-refractivity contribution >= 4 is 16.6 Å². The van der Waals surface area contributed by atoms with Crippen LogP contribution in [0.15, 0.2) is 48.5 Å². The van der Waals surface area contributed by atoms with E-state index in [4.69, 9.17) is 5.84 Å². The molecule has 0 bridgehead atoms. The van der Waals surface area contributed by atoms with Crippen LogP contribution in [0.4, 0.5) is 5.82 Å². The standard InChI is InChI=1S/C15H14N4/c1-10-9-14(18-19-15(10)17-16)13-8-4-6-11-5-2-3-7-12(11)13/h2-9H,16H2,1H3,(H,17,19). The van der Waals surface area contributed by atoms with Crippen LogP contribution in [0.3, 0.4) is 0 Å². The fraction of sp³-hybridized carbons (Fsp3) is 0.0667. The van der Waals surface area contributed by atoms with Gasteiger partial charge in [0.1, 0.15) is 0 Å². The van der Waals surface area contributed by atoms with Gasteiger partial charge in [0.05, 0.1) is 5.69 Å². The fourth-order valence-corrected chi connectivity index (χ4v) is 2.21. The summed E-state index contributed by atoms with van der Waals surface area (Å²) in [5.41, 5.74) is 5.45. The van der Waals surface area contributed by atoms with Crippen molar-refractivity contribution in [2.75, 3.05) is 5.43 Å². The van der Waals surface area contributed by atoms with E-state index in [0.717, 1.165) is 16.8 Å². The minimum atomic E-state index is 0.601. The molecule has 4 heteroatoms. The molecular formula is C15H14N4. The summed E-state index contributed by atoms with van der Waals surface area (Å²) in [6.45, 7) is 1.96.